The minimum Gasteiger partial charge on any atom is -0.336 e. The van der Waals surface area contributed by atoms with Crippen molar-refractivity contribution in [1.29, 1.82) is 0 Å². The van der Waals surface area contributed by atoms with E-state index in [4.69, 9.17) is 0 Å². The molecule has 0 spiro atoms. The molecule has 0 saturated heterocycles. The van der Waals surface area contributed by atoms with Crippen molar-refractivity contribution in [3.63, 3.8) is 0 Å². The molecule has 1 rings (SSSR count). The molecule has 0 amide bonds. The lowest BCUT2D eigenvalue weighted by Crippen LogP contribution is -2.12. The highest BCUT2D eigenvalue weighted by atomic mass is 79.9. The quantitative estimate of drug-likeness (QED) is 0.689. The Morgan fingerprint density at radius 3 is 2.30 bits per heavy atom. The number of hydrogen-bond acceptors (Lipinski definition) is 1. The van der Waals surface area contributed by atoms with Gasteiger partial charge in [0.1, 0.15) is 10.4 Å². The van der Waals surface area contributed by atoms with Crippen LogP contribution in [-0.4, -0.2) is 9.97 Å². The summed E-state index contributed by atoms with van der Waals surface area (Å²) in [4.78, 5) is 7.31. The van der Waals surface area contributed by atoms with Gasteiger partial charge in [0.05, 0.1) is 6.20 Å². The molecule has 10 heavy (non-hydrogen) atoms. The number of imidazole rings is 1. The van der Waals surface area contributed by atoms with Crippen molar-refractivity contribution in [2.24, 2.45) is 0 Å². The van der Waals surface area contributed by atoms with E-state index >= 15 is 0 Å². The third kappa shape index (κ3) is 1.59. The standard InChI is InChI=1S/C7H11BrN2/c1-7(2,3)6-9-4-5(8)10-6/h4H,1-3H3,(H,9,10). The molecule has 0 radical (unpaired) electrons. The number of nitrogens with one attached hydrogen (secondary N) is 1. The van der Waals surface area contributed by atoms with Crippen molar-refractivity contribution in [2.75, 3.05) is 0 Å². The SMILES string of the molecule is CC(C)(C)c1ncc(Br)[nH]1. The zero-order valence-electron chi connectivity index (χ0n) is 6.40. The van der Waals surface area contributed by atoms with Gasteiger partial charge in [-0.1, -0.05) is 20.8 Å². The summed E-state index contributed by atoms with van der Waals surface area (Å²) in [5.41, 5.74) is 0.117. The van der Waals surface area contributed by atoms with E-state index in [-0.39, 0.29) is 5.41 Å². The highest BCUT2D eigenvalue weighted by molar-refractivity contribution is 9.10. The predicted molar refractivity (Wildman–Crippen MR) is 45.0 cm³/mol. The molecule has 1 aromatic rings. The maximum Gasteiger partial charge on any atom is 0.112 e. The van der Waals surface area contributed by atoms with Crippen LogP contribution in [0.15, 0.2) is 10.8 Å². The average molecular weight is 203 g/mol. The molecule has 0 bridgehead atoms. The third-order valence-electron chi connectivity index (χ3n) is 1.26. The molecule has 1 N–H and O–H groups in total. The van der Waals surface area contributed by atoms with Crippen molar-refractivity contribution < 1.29 is 0 Å². The van der Waals surface area contributed by atoms with Crippen LogP contribution in [0.2, 0.25) is 0 Å². The molecule has 0 fully saturated rings. The molecule has 0 aliphatic carbocycles. The number of nitrogens with zero attached hydrogens (tertiary/aromatic N) is 1. The number of aromatic nitrogens is 2. The van der Waals surface area contributed by atoms with Crippen LogP contribution >= 0.6 is 15.9 Å². The largest absolute Gasteiger partial charge is 0.336 e. The Hall–Kier alpha value is -0.310. The number of aromatic amines is 1. The van der Waals surface area contributed by atoms with E-state index < -0.39 is 0 Å². The molecule has 1 aromatic heterocycles. The van der Waals surface area contributed by atoms with E-state index in [1.807, 2.05) is 0 Å². The Balaban J connectivity index is 2.96. The number of H-pyrrole nitrogens is 1. The van der Waals surface area contributed by atoms with Crippen LogP contribution < -0.4 is 0 Å². The fourth-order valence-electron chi connectivity index (χ4n) is 0.680. The molecule has 56 valence electrons. The minimum atomic E-state index is 0.117. The van der Waals surface area contributed by atoms with Gasteiger partial charge in [0.2, 0.25) is 0 Å². The number of halogens is 1. The van der Waals surface area contributed by atoms with Crippen LogP contribution in [0.4, 0.5) is 0 Å². The average Bonchev–Trinajstić information content (AvgIpc) is 2.11. The summed E-state index contributed by atoms with van der Waals surface area (Å²) in [7, 11) is 0. The molecular formula is C7H11BrN2. The molecule has 0 saturated carbocycles. The molecule has 2 nitrogen and oxygen atoms in total. The summed E-state index contributed by atoms with van der Waals surface area (Å²) >= 11 is 3.31. The van der Waals surface area contributed by atoms with Crippen LogP contribution in [0.5, 0.6) is 0 Å². The van der Waals surface area contributed by atoms with Gasteiger partial charge in [0.15, 0.2) is 0 Å². The zero-order chi connectivity index (χ0) is 7.78. The van der Waals surface area contributed by atoms with Gasteiger partial charge in [-0.25, -0.2) is 4.98 Å². The molecule has 0 aliphatic rings. The van der Waals surface area contributed by atoms with E-state index in [1.54, 1.807) is 6.20 Å². The maximum atomic E-state index is 4.18. The topological polar surface area (TPSA) is 28.7 Å². The van der Waals surface area contributed by atoms with E-state index in [0.717, 1.165) is 10.4 Å². The van der Waals surface area contributed by atoms with Crippen LogP contribution in [-0.2, 0) is 5.41 Å². The van der Waals surface area contributed by atoms with E-state index in [9.17, 15) is 0 Å². The Kier molecular flexibility index (Phi) is 1.86. The fraction of sp³-hybridized carbons (Fsp3) is 0.571. The summed E-state index contributed by atoms with van der Waals surface area (Å²) < 4.78 is 0.942. The first-order valence-corrected chi connectivity index (χ1v) is 4.00. The summed E-state index contributed by atoms with van der Waals surface area (Å²) in [6, 6.07) is 0. The molecule has 0 aromatic carbocycles. The Morgan fingerprint density at radius 2 is 2.10 bits per heavy atom. The lowest BCUT2D eigenvalue weighted by Gasteiger charge is -2.13. The van der Waals surface area contributed by atoms with Gasteiger partial charge in [-0.15, -0.1) is 0 Å². The van der Waals surface area contributed by atoms with Gasteiger partial charge < -0.3 is 4.98 Å². The van der Waals surface area contributed by atoms with Crippen LogP contribution in [0.25, 0.3) is 0 Å². The van der Waals surface area contributed by atoms with Crippen molar-refractivity contribution in [3.8, 4) is 0 Å². The minimum absolute atomic E-state index is 0.117. The summed E-state index contributed by atoms with van der Waals surface area (Å²) in [5, 5.41) is 0. The van der Waals surface area contributed by atoms with Gasteiger partial charge in [0, 0.05) is 5.41 Å². The van der Waals surface area contributed by atoms with Crippen molar-refractivity contribution in [3.05, 3.63) is 16.6 Å². The number of hydrogen-bond donors (Lipinski definition) is 1. The summed E-state index contributed by atoms with van der Waals surface area (Å²) in [6.45, 7) is 6.37. The molecule has 0 atom stereocenters. The normalized spacial score (nSPS) is 12.0. The molecule has 0 unspecified atom stereocenters. The van der Waals surface area contributed by atoms with Crippen LogP contribution in [0.3, 0.4) is 0 Å². The Morgan fingerprint density at radius 1 is 1.50 bits per heavy atom. The Labute approximate surface area is 69.2 Å². The monoisotopic (exact) mass is 202 g/mol. The molecule has 0 aliphatic heterocycles. The first-order valence-electron chi connectivity index (χ1n) is 3.21. The van der Waals surface area contributed by atoms with Crippen molar-refractivity contribution >= 4 is 15.9 Å². The van der Waals surface area contributed by atoms with Crippen molar-refractivity contribution in [1.82, 2.24) is 9.97 Å². The smallest absolute Gasteiger partial charge is 0.112 e. The van der Waals surface area contributed by atoms with Crippen LogP contribution in [0, 0.1) is 0 Å². The zero-order valence-corrected chi connectivity index (χ0v) is 7.99. The highest BCUT2D eigenvalue weighted by Gasteiger charge is 2.16. The van der Waals surface area contributed by atoms with Gasteiger partial charge in [-0.3, -0.25) is 0 Å². The van der Waals surface area contributed by atoms with Gasteiger partial charge in [0.25, 0.3) is 0 Å². The first kappa shape index (κ1) is 7.79. The van der Waals surface area contributed by atoms with Gasteiger partial charge in [-0.2, -0.15) is 0 Å². The lowest BCUT2D eigenvalue weighted by atomic mass is 9.96. The molecular weight excluding hydrogens is 192 g/mol. The summed E-state index contributed by atoms with van der Waals surface area (Å²) in [6.07, 6.45) is 1.78. The Bertz CT molecular complexity index is 222. The summed E-state index contributed by atoms with van der Waals surface area (Å²) in [5.74, 6) is 1.01. The molecule has 3 heteroatoms. The van der Waals surface area contributed by atoms with Gasteiger partial charge in [-0.05, 0) is 15.9 Å². The van der Waals surface area contributed by atoms with Gasteiger partial charge >= 0.3 is 0 Å². The van der Waals surface area contributed by atoms with Crippen LogP contribution in [0.1, 0.15) is 26.6 Å². The first-order chi connectivity index (χ1) is 4.50. The van der Waals surface area contributed by atoms with E-state index in [0.29, 0.717) is 0 Å². The second-order valence-electron chi connectivity index (χ2n) is 3.33. The predicted octanol–water partition coefficient (Wildman–Crippen LogP) is 2.47. The molecule has 1 heterocycles. The highest BCUT2D eigenvalue weighted by Crippen LogP contribution is 2.19. The van der Waals surface area contributed by atoms with Crippen molar-refractivity contribution in [2.45, 2.75) is 26.2 Å². The fourth-order valence-corrected chi connectivity index (χ4v) is 0.970. The second-order valence-corrected chi connectivity index (χ2v) is 4.18. The lowest BCUT2D eigenvalue weighted by molar-refractivity contribution is 0.552. The van der Waals surface area contributed by atoms with E-state index in [1.165, 1.54) is 0 Å². The number of rotatable bonds is 0. The third-order valence-corrected chi connectivity index (χ3v) is 1.66. The van der Waals surface area contributed by atoms with E-state index in [2.05, 4.69) is 46.7 Å². The second kappa shape index (κ2) is 2.38. The maximum absolute atomic E-state index is 4.18.